The van der Waals surface area contributed by atoms with Gasteiger partial charge in [0.15, 0.2) is 0 Å². The number of carbonyl (C=O) groups excluding carboxylic acids is 4. The highest BCUT2D eigenvalue weighted by Gasteiger charge is 2.44. The van der Waals surface area contributed by atoms with Gasteiger partial charge in [-0.05, 0) is 50.0 Å². The molecule has 30 heavy (non-hydrogen) atoms. The first kappa shape index (κ1) is 20.3. The van der Waals surface area contributed by atoms with Gasteiger partial charge in [0.1, 0.15) is 6.04 Å². The van der Waals surface area contributed by atoms with E-state index in [2.05, 4.69) is 21.5 Å². The molecule has 1 atom stereocenters. The summed E-state index contributed by atoms with van der Waals surface area (Å²) in [4.78, 5) is 52.6. The minimum absolute atomic E-state index is 0.104. The monoisotopic (exact) mass is 408 g/mol. The van der Waals surface area contributed by atoms with Crippen LogP contribution in [0, 0.1) is 12.3 Å². The van der Waals surface area contributed by atoms with Crippen molar-refractivity contribution >= 4 is 23.6 Å². The van der Waals surface area contributed by atoms with Crippen LogP contribution in [-0.2, 0) is 16.1 Å². The van der Waals surface area contributed by atoms with Gasteiger partial charge in [-0.15, -0.1) is 6.42 Å². The molecule has 2 N–H and O–H groups in total. The van der Waals surface area contributed by atoms with Crippen molar-refractivity contribution in [3.05, 3.63) is 34.9 Å². The Kier molecular flexibility index (Phi) is 5.66. The zero-order valence-electron chi connectivity index (χ0n) is 16.6. The van der Waals surface area contributed by atoms with Crippen molar-refractivity contribution in [3.8, 4) is 12.3 Å². The molecule has 4 rings (SSSR count). The summed E-state index contributed by atoms with van der Waals surface area (Å²) in [5.74, 6) is 0.744. The average Bonchev–Trinajstić information content (AvgIpc) is 2.99. The zero-order valence-corrected chi connectivity index (χ0v) is 16.6. The molecule has 156 valence electrons. The molecule has 0 aromatic heterocycles. The fourth-order valence-corrected chi connectivity index (χ4v) is 4.45. The summed E-state index contributed by atoms with van der Waals surface area (Å²) in [5, 5.41) is 5.55. The van der Waals surface area contributed by atoms with E-state index in [9.17, 15) is 19.2 Å². The van der Waals surface area contributed by atoms with Crippen LogP contribution < -0.4 is 10.6 Å². The fourth-order valence-electron chi connectivity index (χ4n) is 4.45. The Hall–Kier alpha value is -3.02. The van der Waals surface area contributed by atoms with Crippen LogP contribution >= 0.6 is 0 Å². The first-order valence-corrected chi connectivity index (χ1v) is 10.2. The topological polar surface area (TPSA) is 98.8 Å². The van der Waals surface area contributed by atoms with Crippen LogP contribution in [0.25, 0.3) is 0 Å². The maximum absolute atomic E-state index is 13.0. The Bertz CT molecular complexity index is 945. The molecular weight excluding hydrogens is 384 g/mol. The second-order valence-electron chi connectivity index (χ2n) is 7.92. The molecule has 0 saturated carbocycles. The van der Waals surface area contributed by atoms with E-state index in [4.69, 9.17) is 6.42 Å². The molecule has 3 aliphatic rings. The Morgan fingerprint density at radius 2 is 1.80 bits per heavy atom. The summed E-state index contributed by atoms with van der Waals surface area (Å²) >= 11 is 0. The Labute approximate surface area is 175 Å². The van der Waals surface area contributed by atoms with Crippen molar-refractivity contribution in [2.75, 3.05) is 19.6 Å². The molecule has 1 aromatic carbocycles. The number of nitrogens with zero attached hydrogens (tertiary/aromatic N) is 2. The van der Waals surface area contributed by atoms with Crippen LogP contribution in [0.1, 0.15) is 52.0 Å². The molecule has 8 nitrogen and oxygen atoms in total. The molecule has 0 radical (unpaired) electrons. The van der Waals surface area contributed by atoms with Crippen LogP contribution in [0.2, 0.25) is 0 Å². The van der Waals surface area contributed by atoms with E-state index in [0.29, 0.717) is 30.3 Å². The number of piperidine rings is 2. The number of benzene rings is 1. The van der Waals surface area contributed by atoms with E-state index in [-0.39, 0.29) is 18.7 Å². The summed E-state index contributed by atoms with van der Waals surface area (Å²) in [6, 6.07) is 4.63. The third kappa shape index (κ3) is 3.74. The van der Waals surface area contributed by atoms with Crippen molar-refractivity contribution in [1.29, 1.82) is 0 Å². The lowest BCUT2D eigenvalue weighted by molar-refractivity contribution is -0.136. The van der Waals surface area contributed by atoms with Crippen molar-refractivity contribution in [2.45, 2.75) is 44.3 Å². The van der Waals surface area contributed by atoms with Gasteiger partial charge in [-0.2, -0.15) is 0 Å². The maximum atomic E-state index is 13.0. The summed E-state index contributed by atoms with van der Waals surface area (Å²) in [5.41, 5.74) is 1.49. The predicted octanol–water partition coefficient (Wildman–Crippen LogP) is 0.275. The molecule has 0 aliphatic carbocycles. The predicted molar refractivity (Wildman–Crippen MR) is 108 cm³/mol. The quantitative estimate of drug-likeness (QED) is 0.536. The molecule has 0 bridgehead atoms. The van der Waals surface area contributed by atoms with Gasteiger partial charge in [0, 0.05) is 19.0 Å². The van der Waals surface area contributed by atoms with Crippen LogP contribution in [0.5, 0.6) is 0 Å². The van der Waals surface area contributed by atoms with E-state index in [0.717, 1.165) is 36.4 Å². The Balaban J connectivity index is 1.55. The van der Waals surface area contributed by atoms with Crippen LogP contribution in [0.3, 0.4) is 0 Å². The summed E-state index contributed by atoms with van der Waals surface area (Å²) in [7, 11) is 0. The van der Waals surface area contributed by atoms with Gasteiger partial charge in [0.25, 0.3) is 11.8 Å². The smallest absolute Gasteiger partial charge is 0.262 e. The number of nitrogens with one attached hydrogen (secondary N) is 2. The molecule has 4 amide bonds. The molecule has 1 aromatic rings. The summed E-state index contributed by atoms with van der Waals surface area (Å²) in [6.45, 7) is 2.99. The first-order valence-electron chi connectivity index (χ1n) is 10.2. The SMILES string of the molecule is C#CCN(Cc1ccc2c(c1)C(=O)N(C1CCC(=O)NC1=O)C2=O)C1CCNCC1. The number of fused-ring (bicyclic) bond motifs is 1. The van der Waals surface area contributed by atoms with Crippen molar-refractivity contribution in [2.24, 2.45) is 0 Å². The highest BCUT2D eigenvalue weighted by atomic mass is 16.2. The standard InChI is InChI=1S/C22H24N4O4/c1-2-11-25(15-7-9-23-10-8-15)13-14-3-4-16-17(12-14)22(30)26(21(16)29)18-5-6-19(27)24-20(18)28/h1,3-4,12,15,18,23H,5-11,13H2,(H,24,27,28). The second kappa shape index (κ2) is 8.38. The number of terminal acetylenes is 1. The summed E-state index contributed by atoms with van der Waals surface area (Å²) in [6.07, 6.45) is 7.83. The van der Waals surface area contributed by atoms with Crippen molar-refractivity contribution < 1.29 is 19.2 Å². The van der Waals surface area contributed by atoms with Crippen LogP contribution in [0.15, 0.2) is 18.2 Å². The molecule has 0 spiro atoms. The number of imide groups is 2. The third-order valence-corrected chi connectivity index (χ3v) is 6.01. The van der Waals surface area contributed by atoms with E-state index < -0.39 is 23.8 Å². The van der Waals surface area contributed by atoms with Crippen molar-refractivity contribution in [1.82, 2.24) is 20.4 Å². The maximum Gasteiger partial charge on any atom is 0.262 e. The van der Waals surface area contributed by atoms with Gasteiger partial charge in [-0.3, -0.25) is 34.3 Å². The normalized spacial score (nSPS) is 22.3. The van der Waals surface area contributed by atoms with Gasteiger partial charge in [-0.1, -0.05) is 12.0 Å². The fraction of sp³-hybridized carbons (Fsp3) is 0.455. The molecule has 2 fully saturated rings. The molecule has 2 saturated heterocycles. The lowest BCUT2D eigenvalue weighted by Gasteiger charge is -2.33. The van der Waals surface area contributed by atoms with Gasteiger partial charge in [0.2, 0.25) is 11.8 Å². The van der Waals surface area contributed by atoms with Gasteiger partial charge in [-0.25, -0.2) is 0 Å². The zero-order chi connectivity index (χ0) is 21.3. The lowest BCUT2D eigenvalue weighted by Crippen LogP contribution is -2.54. The van der Waals surface area contributed by atoms with E-state index >= 15 is 0 Å². The van der Waals surface area contributed by atoms with Crippen LogP contribution in [-0.4, -0.2) is 65.1 Å². The minimum Gasteiger partial charge on any atom is -0.317 e. The van der Waals surface area contributed by atoms with Gasteiger partial charge >= 0.3 is 0 Å². The van der Waals surface area contributed by atoms with E-state index in [1.807, 2.05) is 6.07 Å². The number of carbonyl (C=O) groups is 4. The number of amides is 4. The molecular formula is C22H24N4O4. The average molecular weight is 408 g/mol. The highest BCUT2D eigenvalue weighted by molar-refractivity contribution is 6.23. The van der Waals surface area contributed by atoms with E-state index in [1.54, 1.807) is 12.1 Å². The lowest BCUT2D eigenvalue weighted by atomic mass is 10.0. The first-order chi connectivity index (χ1) is 14.5. The van der Waals surface area contributed by atoms with Crippen LogP contribution in [0.4, 0.5) is 0 Å². The Morgan fingerprint density at radius 1 is 1.07 bits per heavy atom. The van der Waals surface area contributed by atoms with Crippen molar-refractivity contribution in [3.63, 3.8) is 0 Å². The molecule has 1 unspecified atom stereocenters. The highest BCUT2D eigenvalue weighted by Crippen LogP contribution is 2.29. The number of hydrogen-bond donors (Lipinski definition) is 2. The largest absolute Gasteiger partial charge is 0.317 e. The van der Waals surface area contributed by atoms with Gasteiger partial charge in [0.05, 0.1) is 17.7 Å². The van der Waals surface area contributed by atoms with Gasteiger partial charge < -0.3 is 5.32 Å². The second-order valence-corrected chi connectivity index (χ2v) is 7.92. The number of rotatable bonds is 5. The Morgan fingerprint density at radius 3 is 2.50 bits per heavy atom. The number of hydrogen-bond acceptors (Lipinski definition) is 6. The molecule has 3 aliphatic heterocycles. The minimum atomic E-state index is -0.953. The third-order valence-electron chi connectivity index (χ3n) is 6.01. The summed E-state index contributed by atoms with van der Waals surface area (Å²) < 4.78 is 0. The molecule has 8 heteroatoms. The van der Waals surface area contributed by atoms with E-state index in [1.165, 1.54) is 0 Å². The molecule has 3 heterocycles.